The summed E-state index contributed by atoms with van der Waals surface area (Å²) < 4.78 is 27.3. The zero-order chi connectivity index (χ0) is 66.1. The zero-order valence-electron chi connectivity index (χ0n) is 52.9. The minimum atomic E-state index is -0.305. The third kappa shape index (κ3) is 15.7. The van der Waals surface area contributed by atoms with Crippen molar-refractivity contribution < 1.29 is 18.9 Å². The van der Waals surface area contributed by atoms with Crippen molar-refractivity contribution in [2.45, 2.75) is 66.8 Å². The lowest BCUT2D eigenvalue weighted by Crippen LogP contribution is -2.43. The van der Waals surface area contributed by atoms with Gasteiger partial charge in [0, 0.05) is 94.8 Å². The second kappa shape index (κ2) is 28.6. The molecule has 0 spiro atoms. The second-order valence-corrected chi connectivity index (χ2v) is 22.7. The van der Waals surface area contributed by atoms with Crippen molar-refractivity contribution in [1.29, 1.82) is 0 Å². The number of hydrogen-bond acceptors (Lipinski definition) is 25. The Bertz CT molecular complexity index is 4790. The lowest BCUT2D eigenvalue weighted by Gasteiger charge is -2.32. The Hall–Kier alpha value is -11.4. The van der Waals surface area contributed by atoms with E-state index in [0.29, 0.717) is 105 Å². The molecule has 14 rings (SSSR count). The summed E-state index contributed by atoms with van der Waals surface area (Å²) in [6.07, 6.45) is 11.0. The zero-order valence-corrected chi connectivity index (χ0v) is 52.9. The Kier molecular flexibility index (Phi) is 19.2. The number of ether oxygens (including phenoxy) is 4. The van der Waals surface area contributed by atoms with Gasteiger partial charge >= 0.3 is 17.1 Å². The third-order valence-corrected chi connectivity index (χ3v) is 15.6. The molecule has 9 N–H and O–H groups in total. The van der Waals surface area contributed by atoms with Gasteiger partial charge in [-0.2, -0.15) is 0 Å². The average molecular weight is 1290 g/mol. The van der Waals surface area contributed by atoms with Crippen LogP contribution in [0.3, 0.4) is 0 Å². The van der Waals surface area contributed by atoms with Gasteiger partial charge in [-0.3, -0.25) is 38.5 Å². The molecule has 31 heteroatoms. The summed E-state index contributed by atoms with van der Waals surface area (Å²) >= 11 is 0. The summed E-state index contributed by atoms with van der Waals surface area (Å²) in [4.78, 5) is 104. The number of nitrogen functional groups attached to an aromatic ring is 3. The molecule has 0 atom stereocenters. The van der Waals surface area contributed by atoms with Gasteiger partial charge in [-0.25, -0.2) is 59.2 Å². The molecule has 0 radical (unpaired) electrons. The lowest BCUT2D eigenvalue weighted by molar-refractivity contribution is 0.0336. The van der Waals surface area contributed by atoms with E-state index < -0.39 is 0 Å². The fraction of sp³-hybridized carbons (Fsp3) is 0.297. The van der Waals surface area contributed by atoms with Crippen LogP contribution in [0.4, 0.5) is 17.5 Å². The molecule has 0 saturated carbocycles. The van der Waals surface area contributed by atoms with Gasteiger partial charge in [0.1, 0.15) is 51.3 Å². The Balaban J connectivity index is 0.000000137. The first kappa shape index (κ1) is 63.7. The average Bonchev–Trinajstić information content (AvgIpc) is 1.72. The van der Waals surface area contributed by atoms with E-state index >= 15 is 0 Å². The fourth-order valence-corrected chi connectivity index (χ4v) is 10.6. The molecule has 488 valence electrons. The van der Waals surface area contributed by atoms with Crippen molar-refractivity contribution in [2.75, 3.05) is 76.7 Å². The predicted molar refractivity (Wildman–Crippen MR) is 353 cm³/mol. The van der Waals surface area contributed by atoms with E-state index in [1.165, 1.54) is 13.7 Å². The first-order valence-electron chi connectivity index (χ1n) is 30.6. The Morgan fingerprint density at radius 3 is 1.08 bits per heavy atom. The predicted octanol–water partition coefficient (Wildman–Crippen LogP) is 5.06. The van der Waals surface area contributed by atoms with Crippen LogP contribution in [-0.2, 0) is 43.9 Å². The van der Waals surface area contributed by atoms with Gasteiger partial charge in [0.05, 0.1) is 62.8 Å². The van der Waals surface area contributed by atoms with Crippen LogP contribution >= 0.6 is 0 Å². The number of nitrogens with zero attached hydrogens (tertiary/aromatic N) is 18. The number of imidazole rings is 3. The van der Waals surface area contributed by atoms with Crippen molar-refractivity contribution in [3.8, 4) is 34.9 Å². The smallest absolute Gasteiger partial charge is 0.328 e. The molecule has 95 heavy (non-hydrogen) atoms. The highest BCUT2D eigenvalue weighted by atomic mass is 16.5. The number of aromatic nitrogens is 18. The summed E-state index contributed by atoms with van der Waals surface area (Å²) in [5.41, 5.74) is 25.0. The number of aromatic amines is 3. The number of H-pyrrole nitrogens is 3. The van der Waals surface area contributed by atoms with E-state index in [-0.39, 0.29) is 34.5 Å². The molecule has 2 saturated heterocycles. The quantitative estimate of drug-likeness (QED) is 0.0693. The number of piperazine rings is 1. The third-order valence-electron chi connectivity index (χ3n) is 15.6. The van der Waals surface area contributed by atoms with Crippen LogP contribution in [-0.4, -0.2) is 163 Å². The van der Waals surface area contributed by atoms with Crippen LogP contribution in [0.5, 0.6) is 34.9 Å². The number of nitrogens with two attached hydrogens (primary N) is 3. The van der Waals surface area contributed by atoms with E-state index in [1.807, 2.05) is 61.5 Å². The second-order valence-electron chi connectivity index (χ2n) is 22.7. The highest BCUT2D eigenvalue weighted by Crippen LogP contribution is 2.25. The number of morpholine rings is 1. The number of pyridine rings is 6. The van der Waals surface area contributed by atoms with E-state index in [2.05, 4.69) is 96.5 Å². The number of aryl methyl sites for hydroxylation is 4. The summed E-state index contributed by atoms with van der Waals surface area (Å²) in [6, 6.07) is 22.3. The van der Waals surface area contributed by atoms with Crippen LogP contribution < -0.4 is 48.5 Å². The largest absolute Gasteiger partial charge is 0.437 e. The van der Waals surface area contributed by atoms with Crippen molar-refractivity contribution in [3.63, 3.8) is 0 Å². The number of hydrogen-bond donors (Lipinski definition) is 6. The number of rotatable bonds is 17. The molecule has 0 amide bonds. The Morgan fingerprint density at radius 2 is 0.768 bits per heavy atom. The first-order chi connectivity index (χ1) is 46.0. The Labute approximate surface area is 542 Å². The number of likely N-dealkylation sites (N-methyl/N-ethyl adjacent to an activating group) is 1. The van der Waals surface area contributed by atoms with Crippen LogP contribution in [0, 0.1) is 20.8 Å². The lowest BCUT2D eigenvalue weighted by atomic mass is 10.2. The molecule has 0 aliphatic carbocycles. The summed E-state index contributed by atoms with van der Waals surface area (Å²) in [5, 5.41) is 0. The monoisotopic (exact) mass is 1290 g/mol. The molecule has 12 aromatic rings. The summed E-state index contributed by atoms with van der Waals surface area (Å²) in [5.74, 6) is 5.45. The van der Waals surface area contributed by atoms with Crippen LogP contribution in [0.1, 0.15) is 58.2 Å². The van der Waals surface area contributed by atoms with E-state index in [9.17, 15) is 14.4 Å². The maximum Gasteiger partial charge on any atom is 0.328 e. The van der Waals surface area contributed by atoms with Crippen molar-refractivity contribution in [1.82, 2.24) is 103 Å². The molecule has 14 heterocycles. The van der Waals surface area contributed by atoms with Gasteiger partial charge < -0.3 is 56.0 Å². The van der Waals surface area contributed by atoms with E-state index in [0.717, 1.165) is 106 Å². The standard InChI is InChI=1S/C23H27N9O2.C22H24N8O3.C19H19N7O2/c1-15-27-21(24)20-22(28-15)32(23(33)29-20)13-16-3-6-19(26-11-16)34-18-5-4-17(25-12-18)14-31-9-7-30(2)8-10-31;1-14-26-20(23)19-21(27-14)30(22(31)28-19)12-15-2-5-18(25-10-15)33-17-4-3-16(24-11-17)13-29-6-8-32-9-7-29;1-3-13-5-6-14(9-21-13)28-15-7-4-12(8-22-15)10-26-18-16(25-19(26)27)17(20)23-11(2)24-18/h3-6,11-12H,7-10,13-14H2,1-2H3,(H,29,33)(H2,24,27,28);2-5,10-11H,6-9,12-13H2,1H3,(H,28,31)(H2,23,26,27);4-9H,3,10H2,1-2H3,(H,25,27)(H2,20,23,24). The molecule has 0 aromatic carbocycles. The topological polar surface area (TPSA) is 393 Å². The molecule has 31 nitrogen and oxygen atoms in total. The maximum atomic E-state index is 12.4. The minimum Gasteiger partial charge on any atom is -0.437 e. The normalized spacial score (nSPS) is 13.7. The van der Waals surface area contributed by atoms with Gasteiger partial charge in [-0.15, -0.1) is 0 Å². The molecule has 0 unspecified atom stereocenters. The van der Waals surface area contributed by atoms with Gasteiger partial charge in [0.15, 0.2) is 34.4 Å². The van der Waals surface area contributed by atoms with E-state index in [4.69, 9.17) is 36.1 Å². The molecular formula is C64H70N24O7. The SMILES string of the molecule is CCc1ccc(Oc2ccc(Cn3c(=O)[nH]c4c(N)nc(C)nc43)cn2)cn1.Cc1nc(N)c2[nH]c(=O)n(Cc3ccc(Oc4ccc(CN5CCN(C)CC5)nc4)nc3)c2n1.Cc1nc(N)c2[nH]c(=O)n(Cc3ccc(Oc4ccc(CN5CCOCC5)nc4)nc3)c2n1. The van der Waals surface area contributed by atoms with Gasteiger partial charge in [0.25, 0.3) is 0 Å². The van der Waals surface area contributed by atoms with Gasteiger partial charge in [-0.05, 0) is 87.3 Å². The molecular weight excluding hydrogens is 1220 g/mol. The van der Waals surface area contributed by atoms with Gasteiger partial charge in [0.2, 0.25) is 17.6 Å². The molecule has 0 bridgehead atoms. The van der Waals surface area contributed by atoms with Crippen molar-refractivity contribution in [2.24, 2.45) is 0 Å². The highest BCUT2D eigenvalue weighted by Gasteiger charge is 2.19. The van der Waals surface area contributed by atoms with Gasteiger partial charge in [-0.1, -0.05) is 25.1 Å². The summed E-state index contributed by atoms with van der Waals surface area (Å²) in [7, 11) is 2.15. The maximum absolute atomic E-state index is 12.4. The molecule has 2 fully saturated rings. The van der Waals surface area contributed by atoms with Crippen molar-refractivity contribution in [3.05, 3.63) is 193 Å². The van der Waals surface area contributed by atoms with Crippen LogP contribution in [0.25, 0.3) is 33.5 Å². The minimum absolute atomic E-state index is 0.250. The van der Waals surface area contributed by atoms with Crippen LogP contribution in [0.2, 0.25) is 0 Å². The fourth-order valence-electron chi connectivity index (χ4n) is 10.6. The van der Waals surface area contributed by atoms with Crippen molar-refractivity contribution >= 4 is 50.9 Å². The number of fused-ring (bicyclic) bond motifs is 3. The first-order valence-corrected chi connectivity index (χ1v) is 30.6. The summed E-state index contributed by atoms with van der Waals surface area (Å²) in [6.45, 7) is 17.4. The molecule has 2 aliphatic heterocycles. The Morgan fingerprint density at radius 1 is 0.421 bits per heavy atom. The van der Waals surface area contributed by atoms with E-state index in [1.54, 1.807) is 76.2 Å². The highest BCUT2D eigenvalue weighted by molar-refractivity contribution is 5.83. The molecule has 12 aromatic heterocycles. The van der Waals surface area contributed by atoms with Crippen LogP contribution in [0.15, 0.2) is 124 Å². The number of nitrogens with one attached hydrogen (secondary N) is 3. The molecule has 2 aliphatic rings. The number of anilines is 3.